The molecule has 0 saturated heterocycles. The topological polar surface area (TPSA) is 91.7 Å². The second kappa shape index (κ2) is 9.92. The minimum absolute atomic E-state index is 0.131. The maximum atomic E-state index is 13.6. The SMILES string of the molecule is CCCOc1cccc(NC2=C(c3ccccc3OC)C(=O)N(c3ccc(C#N)cc3)C2=O)c1. The molecule has 34 heavy (non-hydrogen) atoms. The molecule has 0 fully saturated rings. The first-order chi connectivity index (χ1) is 16.6. The van der Waals surface area contributed by atoms with Crippen LogP contribution in [-0.2, 0) is 9.59 Å². The van der Waals surface area contributed by atoms with E-state index in [2.05, 4.69) is 5.32 Å². The lowest BCUT2D eigenvalue weighted by molar-refractivity contribution is -0.120. The van der Waals surface area contributed by atoms with Gasteiger partial charge in [-0.05, 0) is 48.9 Å². The minimum atomic E-state index is -0.504. The zero-order valence-electron chi connectivity index (χ0n) is 18.9. The summed E-state index contributed by atoms with van der Waals surface area (Å²) in [6.45, 7) is 2.59. The summed E-state index contributed by atoms with van der Waals surface area (Å²) in [5.74, 6) is 0.141. The van der Waals surface area contributed by atoms with Gasteiger partial charge in [-0.1, -0.05) is 31.2 Å². The normalized spacial score (nSPS) is 13.1. The smallest absolute Gasteiger partial charge is 0.282 e. The predicted octanol–water partition coefficient (Wildman–Crippen LogP) is 4.75. The number of nitrogens with one attached hydrogen (secondary N) is 1. The second-order valence-electron chi connectivity index (χ2n) is 7.56. The third-order valence-electron chi connectivity index (χ3n) is 5.29. The number of hydrogen-bond donors (Lipinski definition) is 1. The van der Waals surface area contributed by atoms with E-state index in [-0.39, 0.29) is 11.3 Å². The monoisotopic (exact) mass is 453 g/mol. The van der Waals surface area contributed by atoms with E-state index in [1.807, 2.05) is 25.1 Å². The summed E-state index contributed by atoms with van der Waals surface area (Å²) in [5, 5.41) is 12.2. The Morgan fingerprint density at radius 1 is 0.971 bits per heavy atom. The van der Waals surface area contributed by atoms with Gasteiger partial charge in [0.25, 0.3) is 11.8 Å². The Labute approximate surface area is 197 Å². The van der Waals surface area contributed by atoms with Gasteiger partial charge in [-0.2, -0.15) is 5.26 Å². The fourth-order valence-corrected chi connectivity index (χ4v) is 3.69. The van der Waals surface area contributed by atoms with Crippen molar-refractivity contribution in [3.05, 3.63) is 89.6 Å². The van der Waals surface area contributed by atoms with Crippen LogP contribution >= 0.6 is 0 Å². The van der Waals surface area contributed by atoms with Crippen molar-refractivity contribution in [3.8, 4) is 17.6 Å². The first kappa shape index (κ1) is 22.6. The standard InChI is InChI=1S/C27H23N3O4/c1-3-15-34-21-8-6-7-19(16-21)29-25-24(22-9-4-5-10-23(22)33-2)26(31)30(27(25)32)20-13-11-18(17-28)12-14-20/h4-14,16,29H,3,15H2,1-2H3. The number of hydrogen-bond acceptors (Lipinski definition) is 6. The van der Waals surface area contributed by atoms with Gasteiger partial charge < -0.3 is 14.8 Å². The molecule has 0 saturated carbocycles. The number of benzene rings is 3. The molecular formula is C27H23N3O4. The van der Waals surface area contributed by atoms with Gasteiger partial charge in [0.2, 0.25) is 0 Å². The molecule has 1 N–H and O–H groups in total. The van der Waals surface area contributed by atoms with Crippen LogP contribution in [0.3, 0.4) is 0 Å². The number of amides is 2. The van der Waals surface area contributed by atoms with E-state index in [0.717, 1.165) is 11.3 Å². The van der Waals surface area contributed by atoms with Crippen LogP contribution in [0.4, 0.5) is 11.4 Å². The Morgan fingerprint density at radius 3 is 2.44 bits per heavy atom. The molecule has 0 aromatic heterocycles. The van der Waals surface area contributed by atoms with Gasteiger partial charge in [-0.3, -0.25) is 9.59 Å². The number of rotatable bonds is 8. The molecule has 4 rings (SSSR count). The van der Waals surface area contributed by atoms with Crippen molar-refractivity contribution < 1.29 is 19.1 Å². The molecule has 0 bridgehead atoms. The molecule has 0 radical (unpaired) electrons. The molecule has 170 valence electrons. The van der Waals surface area contributed by atoms with Crippen LogP contribution in [0.2, 0.25) is 0 Å². The van der Waals surface area contributed by atoms with Crippen molar-refractivity contribution in [1.29, 1.82) is 5.26 Å². The van der Waals surface area contributed by atoms with Crippen molar-refractivity contribution >= 4 is 28.8 Å². The minimum Gasteiger partial charge on any atom is -0.496 e. The third-order valence-corrected chi connectivity index (χ3v) is 5.29. The second-order valence-corrected chi connectivity index (χ2v) is 7.56. The predicted molar refractivity (Wildman–Crippen MR) is 129 cm³/mol. The van der Waals surface area contributed by atoms with Crippen molar-refractivity contribution in [3.63, 3.8) is 0 Å². The van der Waals surface area contributed by atoms with Gasteiger partial charge in [0.1, 0.15) is 17.2 Å². The molecule has 7 heteroatoms. The molecular weight excluding hydrogens is 430 g/mol. The number of imide groups is 1. The first-order valence-electron chi connectivity index (χ1n) is 10.8. The van der Waals surface area contributed by atoms with Crippen molar-refractivity contribution in [2.45, 2.75) is 13.3 Å². The first-order valence-corrected chi connectivity index (χ1v) is 10.8. The highest BCUT2D eigenvalue weighted by molar-refractivity contribution is 6.46. The van der Waals surface area contributed by atoms with Gasteiger partial charge in [0, 0.05) is 17.3 Å². The maximum Gasteiger partial charge on any atom is 0.282 e. The average molecular weight is 453 g/mol. The van der Waals surface area contributed by atoms with E-state index in [4.69, 9.17) is 14.7 Å². The largest absolute Gasteiger partial charge is 0.496 e. The summed E-state index contributed by atoms with van der Waals surface area (Å²) >= 11 is 0. The van der Waals surface area contributed by atoms with E-state index >= 15 is 0 Å². The summed E-state index contributed by atoms with van der Waals surface area (Å²) in [5.41, 5.74) is 2.25. The lowest BCUT2D eigenvalue weighted by Crippen LogP contribution is -2.32. The summed E-state index contributed by atoms with van der Waals surface area (Å²) in [6.07, 6.45) is 0.868. The van der Waals surface area contributed by atoms with Gasteiger partial charge in [-0.25, -0.2) is 4.90 Å². The van der Waals surface area contributed by atoms with Crippen LogP contribution in [0.5, 0.6) is 11.5 Å². The molecule has 2 amide bonds. The Bertz CT molecular complexity index is 1310. The Morgan fingerprint density at radius 2 is 1.74 bits per heavy atom. The van der Waals surface area contributed by atoms with Crippen molar-refractivity contribution in [2.24, 2.45) is 0 Å². The van der Waals surface area contributed by atoms with Gasteiger partial charge in [0.15, 0.2) is 0 Å². The average Bonchev–Trinajstić information content (AvgIpc) is 3.11. The molecule has 0 spiro atoms. The van der Waals surface area contributed by atoms with Crippen LogP contribution < -0.4 is 19.7 Å². The number of nitriles is 1. The van der Waals surface area contributed by atoms with E-state index in [1.165, 1.54) is 7.11 Å². The van der Waals surface area contributed by atoms with Gasteiger partial charge in [0.05, 0.1) is 36.6 Å². The third kappa shape index (κ3) is 4.34. The summed E-state index contributed by atoms with van der Waals surface area (Å²) in [4.78, 5) is 28.3. The molecule has 7 nitrogen and oxygen atoms in total. The summed E-state index contributed by atoms with van der Waals surface area (Å²) < 4.78 is 11.2. The maximum absolute atomic E-state index is 13.6. The van der Waals surface area contributed by atoms with E-state index in [1.54, 1.807) is 60.7 Å². The number of carbonyl (C=O) groups is 2. The fourth-order valence-electron chi connectivity index (χ4n) is 3.69. The zero-order valence-corrected chi connectivity index (χ0v) is 18.9. The molecule has 1 aliphatic heterocycles. The summed E-state index contributed by atoms with van der Waals surface area (Å²) in [7, 11) is 1.51. The highest BCUT2D eigenvalue weighted by Gasteiger charge is 2.41. The van der Waals surface area contributed by atoms with Crippen molar-refractivity contribution in [1.82, 2.24) is 0 Å². The quantitative estimate of drug-likeness (QED) is 0.495. The van der Waals surface area contributed by atoms with Gasteiger partial charge in [-0.15, -0.1) is 0 Å². The van der Waals surface area contributed by atoms with Crippen LogP contribution in [0.25, 0.3) is 5.57 Å². The van der Waals surface area contributed by atoms with Crippen LogP contribution in [0, 0.1) is 11.3 Å². The molecule has 3 aromatic carbocycles. The number of anilines is 2. The molecule has 0 atom stereocenters. The number of para-hydroxylation sites is 1. The Balaban J connectivity index is 1.79. The molecule has 3 aromatic rings. The van der Waals surface area contributed by atoms with E-state index < -0.39 is 11.8 Å². The number of methoxy groups -OCH3 is 1. The summed E-state index contributed by atoms with van der Waals surface area (Å²) in [6, 6.07) is 22.6. The Kier molecular flexibility index (Phi) is 6.60. The molecule has 0 unspecified atom stereocenters. The Hall–Kier alpha value is -4.57. The van der Waals surface area contributed by atoms with Crippen LogP contribution in [0.15, 0.2) is 78.5 Å². The van der Waals surface area contributed by atoms with Crippen LogP contribution in [-0.4, -0.2) is 25.5 Å². The highest BCUT2D eigenvalue weighted by Crippen LogP contribution is 2.37. The number of ether oxygens (including phenoxy) is 2. The van der Waals surface area contributed by atoms with E-state index in [0.29, 0.717) is 40.6 Å². The highest BCUT2D eigenvalue weighted by atomic mass is 16.5. The van der Waals surface area contributed by atoms with E-state index in [9.17, 15) is 9.59 Å². The number of carbonyl (C=O) groups excluding carboxylic acids is 2. The molecule has 1 aliphatic rings. The fraction of sp³-hybridized carbons (Fsp3) is 0.148. The van der Waals surface area contributed by atoms with Crippen molar-refractivity contribution in [2.75, 3.05) is 23.9 Å². The lowest BCUT2D eigenvalue weighted by atomic mass is 10.0. The van der Waals surface area contributed by atoms with Crippen LogP contribution in [0.1, 0.15) is 24.5 Å². The molecule has 0 aliphatic carbocycles. The zero-order chi connectivity index (χ0) is 24.1. The molecule has 1 heterocycles. The lowest BCUT2D eigenvalue weighted by Gasteiger charge is -2.15. The number of nitrogens with zero attached hydrogens (tertiary/aromatic N) is 2. The van der Waals surface area contributed by atoms with Gasteiger partial charge >= 0.3 is 0 Å².